The van der Waals surface area contributed by atoms with E-state index in [0.717, 1.165) is 17.3 Å². The number of ether oxygens (including phenoxy) is 1. The van der Waals surface area contributed by atoms with Crippen LogP contribution in [-0.4, -0.2) is 45.8 Å². The summed E-state index contributed by atoms with van der Waals surface area (Å²) in [5.74, 6) is -1.25. The number of phenols is 1. The fourth-order valence-corrected chi connectivity index (χ4v) is 3.03. The maximum atomic E-state index is 11.6. The number of carbonyl (C=O) groups excluding carboxylic acids is 1. The van der Waals surface area contributed by atoms with Gasteiger partial charge in [0.1, 0.15) is 5.25 Å². The molecular weight excluding hydrogens is 346 g/mol. The van der Waals surface area contributed by atoms with Gasteiger partial charge in [-0.2, -0.15) is 5.10 Å². The maximum absolute atomic E-state index is 11.6. The standard InChI is InChI=1S/C16H17N3O5S/c1-3-4-9-5-10(14(22)11(6-9)24-2)8-17-19-16-18-15(23)12(25-16)7-13(20)21/h3,5-6,8,12,22H,1,4,7H2,2H3,(H,20,21)(H,18,19,23). The number of amidine groups is 1. The predicted octanol–water partition coefficient (Wildman–Crippen LogP) is 1.53. The zero-order valence-corrected chi connectivity index (χ0v) is 14.2. The van der Waals surface area contributed by atoms with Crippen LogP contribution in [0.4, 0.5) is 0 Å². The SMILES string of the molecule is C=CCc1cc(C=NN=C2NC(=O)C(CC(=O)O)S2)c(O)c(OC)c1. The molecule has 0 aromatic heterocycles. The number of benzene rings is 1. The van der Waals surface area contributed by atoms with Crippen molar-refractivity contribution in [2.45, 2.75) is 18.1 Å². The third kappa shape index (κ3) is 4.83. The van der Waals surface area contributed by atoms with Crippen LogP contribution in [0, 0.1) is 0 Å². The van der Waals surface area contributed by atoms with Gasteiger partial charge < -0.3 is 20.3 Å². The Kier molecular flexibility index (Phi) is 6.18. The second kappa shape index (κ2) is 8.34. The van der Waals surface area contributed by atoms with E-state index in [2.05, 4.69) is 22.1 Å². The number of amides is 1. The van der Waals surface area contributed by atoms with Gasteiger partial charge in [-0.1, -0.05) is 17.8 Å². The average molecular weight is 363 g/mol. The summed E-state index contributed by atoms with van der Waals surface area (Å²) < 4.78 is 5.12. The van der Waals surface area contributed by atoms with Crippen LogP contribution in [-0.2, 0) is 16.0 Å². The number of hydrogen-bond acceptors (Lipinski definition) is 7. The van der Waals surface area contributed by atoms with Gasteiger partial charge in [0, 0.05) is 5.56 Å². The Balaban J connectivity index is 2.16. The molecular formula is C16H17N3O5S. The number of aliphatic carboxylic acids is 1. The highest BCUT2D eigenvalue weighted by Gasteiger charge is 2.32. The number of carbonyl (C=O) groups is 2. The van der Waals surface area contributed by atoms with Crippen molar-refractivity contribution in [2.24, 2.45) is 10.2 Å². The van der Waals surface area contributed by atoms with Crippen LogP contribution in [0.2, 0.25) is 0 Å². The summed E-state index contributed by atoms with van der Waals surface area (Å²) in [6, 6.07) is 3.42. The molecule has 3 N–H and O–H groups in total. The summed E-state index contributed by atoms with van der Waals surface area (Å²) in [7, 11) is 1.45. The van der Waals surface area contributed by atoms with Crippen molar-refractivity contribution in [2.75, 3.05) is 7.11 Å². The van der Waals surface area contributed by atoms with Crippen LogP contribution < -0.4 is 10.1 Å². The van der Waals surface area contributed by atoms with E-state index < -0.39 is 17.1 Å². The van der Waals surface area contributed by atoms with Crippen molar-refractivity contribution in [3.8, 4) is 11.5 Å². The Labute approximate surface area is 148 Å². The van der Waals surface area contributed by atoms with Crippen LogP contribution in [0.5, 0.6) is 11.5 Å². The molecule has 1 aliphatic rings. The van der Waals surface area contributed by atoms with E-state index in [-0.39, 0.29) is 17.3 Å². The fraction of sp³-hybridized carbons (Fsp3) is 0.250. The van der Waals surface area contributed by atoms with E-state index in [0.29, 0.717) is 17.7 Å². The highest BCUT2D eigenvalue weighted by Crippen LogP contribution is 2.31. The zero-order valence-electron chi connectivity index (χ0n) is 13.4. The third-order valence-corrected chi connectivity index (χ3v) is 4.32. The van der Waals surface area contributed by atoms with E-state index >= 15 is 0 Å². The molecule has 0 radical (unpaired) electrons. The molecule has 0 spiro atoms. The number of allylic oxidation sites excluding steroid dienone is 1. The number of carboxylic acids is 1. The number of carboxylic acid groups (broad SMARTS) is 1. The summed E-state index contributed by atoms with van der Waals surface area (Å²) >= 11 is 1.000. The molecule has 0 saturated carbocycles. The summed E-state index contributed by atoms with van der Waals surface area (Å²) in [4.78, 5) is 22.3. The van der Waals surface area contributed by atoms with Crippen molar-refractivity contribution in [1.82, 2.24) is 5.32 Å². The number of hydrogen-bond donors (Lipinski definition) is 3. The lowest BCUT2D eigenvalue weighted by Crippen LogP contribution is -2.26. The van der Waals surface area contributed by atoms with E-state index in [1.807, 2.05) is 0 Å². The highest BCUT2D eigenvalue weighted by molar-refractivity contribution is 8.15. The van der Waals surface area contributed by atoms with Crippen molar-refractivity contribution >= 4 is 35.0 Å². The number of nitrogens with zero attached hydrogens (tertiary/aromatic N) is 2. The van der Waals surface area contributed by atoms with Crippen LogP contribution in [0.15, 0.2) is 35.0 Å². The molecule has 1 aromatic rings. The predicted molar refractivity (Wildman–Crippen MR) is 95.4 cm³/mol. The quantitative estimate of drug-likeness (QED) is 0.384. The van der Waals surface area contributed by atoms with E-state index in [4.69, 9.17) is 9.84 Å². The van der Waals surface area contributed by atoms with Crippen LogP contribution >= 0.6 is 11.8 Å². The summed E-state index contributed by atoms with van der Waals surface area (Å²) in [5.41, 5.74) is 1.28. The first kappa shape index (κ1) is 18.5. The molecule has 1 amide bonds. The van der Waals surface area contributed by atoms with Gasteiger partial charge in [-0.15, -0.1) is 11.7 Å². The molecule has 0 aliphatic carbocycles. The van der Waals surface area contributed by atoms with Gasteiger partial charge in [0.05, 0.1) is 19.7 Å². The van der Waals surface area contributed by atoms with E-state index in [1.54, 1.807) is 18.2 Å². The minimum atomic E-state index is -1.06. The number of rotatable bonds is 7. The molecule has 2 rings (SSSR count). The number of phenolic OH excluding ortho intramolecular Hbond substituents is 1. The number of nitrogens with one attached hydrogen (secondary N) is 1. The molecule has 1 heterocycles. The molecule has 1 fully saturated rings. The Morgan fingerprint density at radius 1 is 1.52 bits per heavy atom. The normalized spacial score (nSPS) is 18.5. The molecule has 132 valence electrons. The number of aromatic hydroxyl groups is 1. The van der Waals surface area contributed by atoms with Crippen LogP contribution in [0.25, 0.3) is 0 Å². The second-order valence-electron chi connectivity index (χ2n) is 5.07. The van der Waals surface area contributed by atoms with Gasteiger partial charge in [-0.05, 0) is 24.1 Å². The van der Waals surface area contributed by atoms with Crippen molar-refractivity contribution < 1.29 is 24.5 Å². The van der Waals surface area contributed by atoms with Gasteiger partial charge in [0.2, 0.25) is 5.91 Å². The second-order valence-corrected chi connectivity index (χ2v) is 6.26. The molecule has 1 atom stereocenters. The Bertz CT molecular complexity index is 760. The van der Waals surface area contributed by atoms with E-state index in [1.165, 1.54) is 13.3 Å². The minimum Gasteiger partial charge on any atom is -0.504 e. The Morgan fingerprint density at radius 3 is 2.92 bits per heavy atom. The Morgan fingerprint density at radius 2 is 2.28 bits per heavy atom. The highest BCUT2D eigenvalue weighted by atomic mass is 32.2. The van der Waals surface area contributed by atoms with Crippen molar-refractivity contribution in [3.05, 3.63) is 35.9 Å². The molecule has 8 nitrogen and oxygen atoms in total. The summed E-state index contributed by atoms with van der Waals surface area (Å²) in [6.07, 6.45) is 3.35. The molecule has 0 bridgehead atoms. The number of methoxy groups -OCH3 is 1. The van der Waals surface area contributed by atoms with Gasteiger partial charge in [-0.3, -0.25) is 9.59 Å². The van der Waals surface area contributed by atoms with Gasteiger partial charge in [0.25, 0.3) is 0 Å². The smallest absolute Gasteiger partial charge is 0.305 e. The summed E-state index contributed by atoms with van der Waals surface area (Å²) in [6.45, 7) is 3.67. The molecule has 1 aromatic carbocycles. The molecule has 9 heteroatoms. The van der Waals surface area contributed by atoms with Gasteiger partial charge in [0.15, 0.2) is 16.7 Å². The van der Waals surface area contributed by atoms with Gasteiger partial charge >= 0.3 is 5.97 Å². The number of thioether (sulfide) groups is 1. The molecule has 1 unspecified atom stereocenters. The first-order valence-corrected chi connectivity index (χ1v) is 8.13. The zero-order chi connectivity index (χ0) is 18.4. The monoisotopic (exact) mass is 363 g/mol. The minimum absolute atomic E-state index is 0.0777. The largest absolute Gasteiger partial charge is 0.504 e. The Hall–Kier alpha value is -2.81. The lowest BCUT2D eigenvalue weighted by atomic mass is 10.1. The first-order valence-electron chi connectivity index (χ1n) is 7.25. The first-order chi connectivity index (χ1) is 11.9. The fourth-order valence-electron chi connectivity index (χ4n) is 2.12. The van der Waals surface area contributed by atoms with E-state index in [9.17, 15) is 14.7 Å². The summed E-state index contributed by atoms with van der Waals surface area (Å²) in [5, 5.41) is 28.5. The third-order valence-electron chi connectivity index (χ3n) is 3.25. The van der Waals surface area contributed by atoms with Crippen molar-refractivity contribution in [1.29, 1.82) is 0 Å². The van der Waals surface area contributed by atoms with Crippen molar-refractivity contribution in [3.63, 3.8) is 0 Å². The lowest BCUT2D eigenvalue weighted by Gasteiger charge is -2.08. The average Bonchev–Trinajstić information content (AvgIpc) is 2.89. The maximum Gasteiger partial charge on any atom is 0.305 e. The molecule has 1 aliphatic heterocycles. The van der Waals surface area contributed by atoms with Gasteiger partial charge in [-0.25, -0.2) is 0 Å². The van der Waals surface area contributed by atoms with Crippen LogP contribution in [0.3, 0.4) is 0 Å². The lowest BCUT2D eigenvalue weighted by molar-refractivity contribution is -0.138. The molecule has 1 saturated heterocycles. The molecule has 25 heavy (non-hydrogen) atoms. The topological polar surface area (TPSA) is 121 Å². The van der Waals surface area contributed by atoms with Crippen LogP contribution in [0.1, 0.15) is 17.5 Å².